The molecule has 1 amide bonds. The first kappa shape index (κ1) is 15.0. The van der Waals surface area contributed by atoms with Gasteiger partial charge in [0, 0.05) is 11.9 Å². The Hall–Kier alpha value is -1.02. The van der Waals surface area contributed by atoms with Crippen molar-refractivity contribution in [1.82, 2.24) is 5.32 Å². The van der Waals surface area contributed by atoms with Crippen LogP contribution in [0.3, 0.4) is 0 Å². The first-order valence-corrected chi connectivity index (χ1v) is 6.97. The van der Waals surface area contributed by atoms with E-state index in [-0.39, 0.29) is 11.9 Å². The largest absolute Gasteiger partial charge is 0.353 e. The van der Waals surface area contributed by atoms with Crippen LogP contribution in [0.25, 0.3) is 0 Å². The lowest BCUT2D eigenvalue weighted by molar-refractivity contribution is -0.121. The fourth-order valence-corrected chi connectivity index (χ4v) is 2.07. The van der Waals surface area contributed by atoms with Gasteiger partial charge in [-0.25, -0.2) is 0 Å². The van der Waals surface area contributed by atoms with Crippen LogP contribution in [0, 0.1) is 12.8 Å². The van der Waals surface area contributed by atoms with Crippen LogP contribution in [0.1, 0.15) is 31.4 Å². The third-order valence-electron chi connectivity index (χ3n) is 3.06. The molecule has 3 heteroatoms. The molecule has 1 atom stereocenters. The summed E-state index contributed by atoms with van der Waals surface area (Å²) in [5.41, 5.74) is 2.26. The molecule has 100 valence electrons. The second kappa shape index (κ2) is 7.42. The monoisotopic (exact) mass is 267 g/mol. The Balaban J connectivity index is 2.52. The van der Waals surface area contributed by atoms with Gasteiger partial charge in [-0.3, -0.25) is 4.79 Å². The SMILES string of the molecule is Cc1ccc(CC(=O)NC(CCCl)C(C)C)cc1. The van der Waals surface area contributed by atoms with E-state index >= 15 is 0 Å². The number of carbonyl (C=O) groups excluding carboxylic acids is 1. The van der Waals surface area contributed by atoms with E-state index in [0.29, 0.717) is 18.2 Å². The van der Waals surface area contributed by atoms with E-state index in [1.165, 1.54) is 5.56 Å². The zero-order chi connectivity index (χ0) is 13.5. The molecule has 1 unspecified atom stereocenters. The molecule has 1 N–H and O–H groups in total. The highest BCUT2D eigenvalue weighted by Gasteiger charge is 2.15. The van der Waals surface area contributed by atoms with Crippen molar-refractivity contribution < 1.29 is 4.79 Å². The summed E-state index contributed by atoms with van der Waals surface area (Å²) in [7, 11) is 0. The van der Waals surface area contributed by atoms with E-state index in [9.17, 15) is 4.79 Å². The van der Waals surface area contributed by atoms with Gasteiger partial charge in [0.15, 0.2) is 0 Å². The summed E-state index contributed by atoms with van der Waals surface area (Å²) in [6.45, 7) is 6.24. The van der Waals surface area contributed by atoms with E-state index in [0.717, 1.165) is 12.0 Å². The first-order chi connectivity index (χ1) is 8.52. The Kier molecular flexibility index (Phi) is 6.20. The molecule has 0 aromatic heterocycles. The van der Waals surface area contributed by atoms with Crippen molar-refractivity contribution in [2.75, 3.05) is 5.88 Å². The number of alkyl halides is 1. The van der Waals surface area contributed by atoms with Crippen molar-refractivity contribution in [2.45, 2.75) is 39.7 Å². The Morgan fingerprint density at radius 2 is 1.89 bits per heavy atom. The van der Waals surface area contributed by atoms with Crippen LogP contribution < -0.4 is 5.32 Å². The molecule has 2 nitrogen and oxygen atoms in total. The molecule has 0 spiro atoms. The number of nitrogens with one attached hydrogen (secondary N) is 1. The summed E-state index contributed by atoms with van der Waals surface area (Å²) in [4.78, 5) is 11.9. The minimum absolute atomic E-state index is 0.0719. The third-order valence-corrected chi connectivity index (χ3v) is 3.27. The van der Waals surface area contributed by atoms with E-state index < -0.39 is 0 Å². The van der Waals surface area contributed by atoms with Crippen molar-refractivity contribution >= 4 is 17.5 Å². The van der Waals surface area contributed by atoms with Gasteiger partial charge in [-0.15, -0.1) is 11.6 Å². The van der Waals surface area contributed by atoms with Crippen molar-refractivity contribution in [3.63, 3.8) is 0 Å². The Bertz CT molecular complexity index is 373. The maximum absolute atomic E-state index is 11.9. The van der Waals surface area contributed by atoms with Crippen LogP contribution in [0.2, 0.25) is 0 Å². The smallest absolute Gasteiger partial charge is 0.224 e. The predicted octanol–water partition coefficient (Wildman–Crippen LogP) is 3.31. The normalized spacial score (nSPS) is 12.5. The number of hydrogen-bond donors (Lipinski definition) is 1. The number of benzene rings is 1. The van der Waals surface area contributed by atoms with Gasteiger partial charge in [0.1, 0.15) is 0 Å². The second-order valence-corrected chi connectivity index (χ2v) is 5.44. The van der Waals surface area contributed by atoms with Gasteiger partial charge in [-0.05, 0) is 24.8 Å². The third kappa shape index (κ3) is 5.09. The zero-order valence-corrected chi connectivity index (χ0v) is 12.1. The first-order valence-electron chi connectivity index (χ1n) is 6.43. The highest BCUT2D eigenvalue weighted by molar-refractivity contribution is 6.17. The average molecular weight is 268 g/mol. The summed E-state index contributed by atoms with van der Waals surface area (Å²) < 4.78 is 0. The lowest BCUT2D eigenvalue weighted by Gasteiger charge is -2.21. The summed E-state index contributed by atoms with van der Waals surface area (Å²) >= 11 is 5.75. The van der Waals surface area contributed by atoms with Gasteiger partial charge in [-0.1, -0.05) is 43.7 Å². The quantitative estimate of drug-likeness (QED) is 0.788. The standard InChI is InChI=1S/C15H22ClNO/c1-11(2)14(8-9-16)17-15(18)10-13-6-4-12(3)5-7-13/h4-7,11,14H,8-10H2,1-3H3,(H,17,18). The lowest BCUT2D eigenvalue weighted by Crippen LogP contribution is -2.39. The van der Waals surface area contributed by atoms with Gasteiger partial charge < -0.3 is 5.32 Å². The molecular weight excluding hydrogens is 246 g/mol. The molecule has 0 heterocycles. The van der Waals surface area contributed by atoms with Gasteiger partial charge in [0.2, 0.25) is 5.91 Å². The minimum Gasteiger partial charge on any atom is -0.353 e. The molecule has 18 heavy (non-hydrogen) atoms. The predicted molar refractivity (Wildman–Crippen MR) is 77.0 cm³/mol. The molecule has 1 aromatic rings. The second-order valence-electron chi connectivity index (χ2n) is 5.06. The van der Waals surface area contributed by atoms with Crippen LogP contribution >= 0.6 is 11.6 Å². The topological polar surface area (TPSA) is 29.1 Å². The van der Waals surface area contributed by atoms with E-state index in [2.05, 4.69) is 19.2 Å². The number of rotatable bonds is 6. The molecule has 0 bridgehead atoms. The number of aryl methyl sites for hydroxylation is 1. The molecule has 1 aromatic carbocycles. The average Bonchev–Trinajstić information content (AvgIpc) is 2.31. The fourth-order valence-electron chi connectivity index (χ4n) is 1.84. The van der Waals surface area contributed by atoms with Crippen molar-refractivity contribution in [1.29, 1.82) is 0 Å². The molecule has 0 radical (unpaired) electrons. The van der Waals surface area contributed by atoms with Crippen molar-refractivity contribution in [3.8, 4) is 0 Å². The minimum atomic E-state index is 0.0719. The molecular formula is C15H22ClNO. The molecule has 0 aliphatic carbocycles. The molecule has 1 rings (SSSR count). The Morgan fingerprint density at radius 1 is 1.28 bits per heavy atom. The Labute approximate surface area is 115 Å². The van der Waals surface area contributed by atoms with Crippen LogP contribution in [0.15, 0.2) is 24.3 Å². The fraction of sp³-hybridized carbons (Fsp3) is 0.533. The van der Waals surface area contributed by atoms with E-state index in [4.69, 9.17) is 11.6 Å². The molecule has 0 saturated carbocycles. The maximum Gasteiger partial charge on any atom is 0.224 e. The molecule has 0 saturated heterocycles. The summed E-state index contributed by atoms with van der Waals surface area (Å²) in [6.07, 6.45) is 1.25. The van der Waals surface area contributed by atoms with Gasteiger partial charge in [-0.2, -0.15) is 0 Å². The van der Waals surface area contributed by atoms with Crippen LogP contribution in [-0.4, -0.2) is 17.8 Å². The Morgan fingerprint density at radius 3 is 2.39 bits per heavy atom. The number of amides is 1. The number of hydrogen-bond acceptors (Lipinski definition) is 1. The highest BCUT2D eigenvalue weighted by atomic mass is 35.5. The van der Waals surface area contributed by atoms with E-state index in [1.807, 2.05) is 31.2 Å². The summed E-state index contributed by atoms with van der Waals surface area (Å²) in [5, 5.41) is 3.06. The molecule has 0 fully saturated rings. The summed E-state index contributed by atoms with van der Waals surface area (Å²) in [6, 6.07) is 8.23. The van der Waals surface area contributed by atoms with Gasteiger partial charge in [0.05, 0.1) is 6.42 Å². The lowest BCUT2D eigenvalue weighted by atomic mass is 10.0. The maximum atomic E-state index is 11.9. The highest BCUT2D eigenvalue weighted by Crippen LogP contribution is 2.09. The van der Waals surface area contributed by atoms with Gasteiger partial charge in [0.25, 0.3) is 0 Å². The summed E-state index contributed by atoms with van der Waals surface area (Å²) in [5.74, 6) is 1.06. The van der Waals surface area contributed by atoms with Crippen molar-refractivity contribution in [2.24, 2.45) is 5.92 Å². The van der Waals surface area contributed by atoms with Crippen LogP contribution in [0.5, 0.6) is 0 Å². The number of carbonyl (C=O) groups is 1. The van der Waals surface area contributed by atoms with Crippen LogP contribution in [0.4, 0.5) is 0 Å². The zero-order valence-electron chi connectivity index (χ0n) is 11.4. The number of halogens is 1. The van der Waals surface area contributed by atoms with Crippen molar-refractivity contribution in [3.05, 3.63) is 35.4 Å². The van der Waals surface area contributed by atoms with Gasteiger partial charge >= 0.3 is 0 Å². The van der Waals surface area contributed by atoms with E-state index in [1.54, 1.807) is 0 Å². The molecule has 0 aliphatic rings. The molecule has 0 aliphatic heterocycles. The van der Waals surface area contributed by atoms with Crippen LogP contribution in [-0.2, 0) is 11.2 Å².